The summed E-state index contributed by atoms with van der Waals surface area (Å²) >= 11 is 0. The van der Waals surface area contributed by atoms with Crippen molar-refractivity contribution in [3.05, 3.63) is 0 Å². The van der Waals surface area contributed by atoms with Crippen LogP contribution in [-0.4, -0.2) is 49.2 Å². The monoisotopic (exact) mass is 228 g/mol. The number of piperidine rings is 1. The molecule has 0 radical (unpaired) electrons. The summed E-state index contributed by atoms with van der Waals surface area (Å²) < 4.78 is 5.50. The Kier molecular flexibility index (Phi) is 4.74. The summed E-state index contributed by atoms with van der Waals surface area (Å²) in [5.74, 6) is 0.106. The van der Waals surface area contributed by atoms with Crippen molar-refractivity contribution in [1.82, 2.24) is 10.2 Å². The zero-order valence-electron chi connectivity index (χ0n) is 10.9. The smallest absolute Gasteiger partial charge is 0.248 e. The van der Waals surface area contributed by atoms with Crippen molar-refractivity contribution in [2.24, 2.45) is 0 Å². The van der Waals surface area contributed by atoms with Crippen molar-refractivity contribution in [1.29, 1.82) is 0 Å². The highest BCUT2D eigenvalue weighted by Crippen LogP contribution is 2.12. The van der Waals surface area contributed by atoms with Crippen molar-refractivity contribution < 1.29 is 9.53 Å². The van der Waals surface area contributed by atoms with Crippen LogP contribution in [0.3, 0.4) is 0 Å². The predicted molar refractivity (Wildman–Crippen MR) is 64.4 cm³/mol. The highest BCUT2D eigenvalue weighted by Gasteiger charge is 2.23. The molecule has 4 nitrogen and oxygen atoms in total. The second kappa shape index (κ2) is 5.64. The van der Waals surface area contributed by atoms with Gasteiger partial charge in [-0.25, -0.2) is 0 Å². The molecule has 94 valence electrons. The molecular formula is C12H24N2O2. The van der Waals surface area contributed by atoms with Crippen LogP contribution in [-0.2, 0) is 9.53 Å². The standard InChI is InChI=1S/C12H24N2O2/c1-12(2,3)16-9-11(15)14-7-5-6-10(8-14)13-4/h10,13H,5-9H2,1-4H3. The van der Waals surface area contributed by atoms with Crippen molar-refractivity contribution in [3.8, 4) is 0 Å². The maximum absolute atomic E-state index is 11.9. The number of ether oxygens (including phenoxy) is 1. The van der Waals surface area contributed by atoms with Crippen LogP contribution in [0.4, 0.5) is 0 Å². The molecule has 1 aliphatic heterocycles. The van der Waals surface area contributed by atoms with Gasteiger partial charge >= 0.3 is 0 Å². The number of carbonyl (C=O) groups is 1. The van der Waals surface area contributed by atoms with Crippen molar-refractivity contribution >= 4 is 5.91 Å². The fraction of sp³-hybridized carbons (Fsp3) is 0.917. The molecule has 0 aromatic heterocycles. The molecule has 0 aliphatic carbocycles. The second-order valence-corrected chi connectivity index (χ2v) is 5.37. The van der Waals surface area contributed by atoms with Crippen molar-refractivity contribution in [3.63, 3.8) is 0 Å². The predicted octanol–water partition coefficient (Wildman–Crippen LogP) is 1.01. The van der Waals surface area contributed by atoms with E-state index in [1.165, 1.54) is 0 Å². The molecule has 0 saturated carbocycles. The average Bonchev–Trinajstić information content (AvgIpc) is 2.25. The normalized spacial score (nSPS) is 22.2. The van der Waals surface area contributed by atoms with Gasteiger partial charge in [-0.1, -0.05) is 0 Å². The zero-order chi connectivity index (χ0) is 12.2. The number of carbonyl (C=O) groups excluding carboxylic acids is 1. The van der Waals surface area contributed by atoms with Crippen LogP contribution in [0.5, 0.6) is 0 Å². The first-order valence-electron chi connectivity index (χ1n) is 6.01. The number of likely N-dealkylation sites (tertiary alicyclic amines) is 1. The molecule has 1 atom stereocenters. The third kappa shape index (κ3) is 4.49. The molecule has 1 N–H and O–H groups in total. The minimum Gasteiger partial charge on any atom is -0.366 e. The largest absolute Gasteiger partial charge is 0.366 e. The molecule has 4 heteroatoms. The maximum atomic E-state index is 11.9. The van der Waals surface area contributed by atoms with E-state index in [0.29, 0.717) is 6.04 Å². The molecule has 0 spiro atoms. The highest BCUT2D eigenvalue weighted by molar-refractivity contribution is 5.77. The van der Waals surface area contributed by atoms with E-state index in [-0.39, 0.29) is 18.1 Å². The summed E-state index contributed by atoms with van der Waals surface area (Å²) in [4.78, 5) is 13.8. The Morgan fingerprint density at radius 3 is 2.75 bits per heavy atom. The highest BCUT2D eigenvalue weighted by atomic mass is 16.5. The van der Waals surface area contributed by atoms with Gasteiger partial charge in [-0.05, 0) is 40.7 Å². The van der Waals surface area contributed by atoms with Gasteiger partial charge in [0.15, 0.2) is 0 Å². The lowest BCUT2D eigenvalue weighted by Crippen LogP contribution is -2.48. The van der Waals surface area contributed by atoms with E-state index < -0.39 is 0 Å². The number of rotatable bonds is 3. The molecule has 1 amide bonds. The first-order valence-corrected chi connectivity index (χ1v) is 6.01. The van der Waals surface area contributed by atoms with E-state index >= 15 is 0 Å². The van der Waals surface area contributed by atoms with Crippen LogP contribution in [0.25, 0.3) is 0 Å². The number of nitrogens with one attached hydrogen (secondary N) is 1. The number of hydrogen-bond acceptors (Lipinski definition) is 3. The van der Waals surface area contributed by atoms with E-state index in [1.807, 2.05) is 32.7 Å². The fourth-order valence-corrected chi connectivity index (χ4v) is 1.81. The number of nitrogens with zero attached hydrogens (tertiary/aromatic N) is 1. The Morgan fingerprint density at radius 2 is 2.19 bits per heavy atom. The van der Waals surface area contributed by atoms with Crippen LogP contribution in [0.2, 0.25) is 0 Å². The number of amides is 1. The lowest BCUT2D eigenvalue weighted by molar-refractivity contribution is -0.142. The summed E-state index contributed by atoms with van der Waals surface area (Å²) in [7, 11) is 1.95. The number of hydrogen-bond donors (Lipinski definition) is 1. The Balaban J connectivity index is 2.36. The van der Waals surface area contributed by atoms with Crippen molar-refractivity contribution in [2.75, 3.05) is 26.7 Å². The van der Waals surface area contributed by atoms with Crippen LogP contribution < -0.4 is 5.32 Å². The van der Waals surface area contributed by atoms with Gasteiger partial charge < -0.3 is 15.0 Å². The average molecular weight is 228 g/mol. The van der Waals surface area contributed by atoms with Crippen LogP contribution in [0.1, 0.15) is 33.6 Å². The first kappa shape index (κ1) is 13.5. The lowest BCUT2D eigenvalue weighted by atomic mass is 10.1. The van der Waals surface area contributed by atoms with E-state index in [1.54, 1.807) is 0 Å². The van der Waals surface area contributed by atoms with Gasteiger partial charge in [0.05, 0.1) is 5.60 Å². The van der Waals surface area contributed by atoms with Gasteiger partial charge in [-0.15, -0.1) is 0 Å². The lowest BCUT2D eigenvalue weighted by Gasteiger charge is -2.33. The maximum Gasteiger partial charge on any atom is 0.248 e. The summed E-state index contributed by atoms with van der Waals surface area (Å²) in [6, 6.07) is 0.437. The van der Waals surface area contributed by atoms with E-state index in [2.05, 4.69) is 5.32 Å². The van der Waals surface area contributed by atoms with E-state index in [9.17, 15) is 4.79 Å². The molecule has 1 saturated heterocycles. The molecule has 16 heavy (non-hydrogen) atoms. The van der Waals surface area contributed by atoms with Gasteiger partial charge in [-0.3, -0.25) is 4.79 Å². The summed E-state index contributed by atoms with van der Waals surface area (Å²) in [6.45, 7) is 7.76. The van der Waals surface area contributed by atoms with Gasteiger partial charge in [0.25, 0.3) is 0 Å². The van der Waals surface area contributed by atoms with Crippen LogP contribution in [0.15, 0.2) is 0 Å². The Morgan fingerprint density at radius 1 is 1.50 bits per heavy atom. The second-order valence-electron chi connectivity index (χ2n) is 5.37. The molecule has 0 bridgehead atoms. The van der Waals surface area contributed by atoms with Crippen LogP contribution in [0, 0.1) is 0 Å². The first-order chi connectivity index (χ1) is 7.42. The molecule has 1 rings (SSSR count). The Labute approximate surface area is 98.3 Å². The minimum absolute atomic E-state index is 0.106. The molecule has 0 aromatic carbocycles. The molecule has 1 aliphatic rings. The zero-order valence-corrected chi connectivity index (χ0v) is 10.9. The Bertz CT molecular complexity index is 236. The fourth-order valence-electron chi connectivity index (χ4n) is 1.81. The third-order valence-electron chi connectivity index (χ3n) is 2.81. The number of likely N-dealkylation sites (N-methyl/N-ethyl adjacent to an activating group) is 1. The molecule has 1 heterocycles. The van der Waals surface area contributed by atoms with Crippen molar-refractivity contribution in [2.45, 2.75) is 45.3 Å². The van der Waals surface area contributed by atoms with Crippen LogP contribution >= 0.6 is 0 Å². The quantitative estimate of drug-likeness (QED) is 0.784. The van der Waals surface area contributed by atoms with E-state index in [4.69, 9.17) is 4.74 Å². The van der Waals surface area contributed by atoms with Gasteiger partial charge in [0, 0.05) is 19.1 Å². The van der Waals surface area contributed by atoms with E-state index in [0.717, 1.165) is 25.9 Å². The topological polar surface area (TPSA) is 41.6 Å². The summed E-state index contributed by atoms with van der Waals surface area (Å²) in [5, 5.41) is 3.23. The molecule has 1 fully saturated rings. The molecule has 0 aromatic rings. The molecular weight excluding hydrogens is 204 g/mol. The minimum atomic E-state index is -0.242. The third-order valence-corrected chi connectivity index (χ3v) is 2.81. The SMILES string of the molecule is CNC1CCCN(C(=O)COC(C)(C)C)C1. The van der Waals surface area contributed by atoms with Gasteiger partial charge in [0.2, 0.25) is 5.91 Å². The Hall–Kier alpha value is -0.610. The summed E-state index contributed by atoms with van der Waals surface area (Å²) in [5.41, 5.74) is -0.242. The molecule has 1 unspecified atom stereocenters. The van der Waals surface area contributed by atoms with Gasteiger partial charge in [-0.2, -0.15) is 0 Å². The summed E-state index contributed by atoms with van der Waals surface area (Å²) in [6.07, 6.45) is 2.23. The van der Waals surface area contributed by atoms with Gasteiger partial charge in [0.1, 0.15) is 6.61 Å².